The summed E-state index contributed by atoms with van der Waals surface area (Å²) >= 11 is 0. The average molecular weight is 371 g/mol. The lowest BCUT2D eigenvalue weighted by atomic mass is 9.95. The molecule has 2 saturated heterocycles. The molecule has 4 rings (SSSR count). The molecular weight excluding hydrogens is 342 g/mol. The molecule has 0 radical (unpaired) electrons. The normalized spacial score (nSPS) is 19.1. The third-order valence-electron chi connectivity index (χ3n) is 5.90. The number of aromatic nitrogens is 5. The molecule has 0 unspecified atom stereocenters. The molecule has 0 atom stereocenters. The van der Waals surface area contributed by atoms with E-state index in [2.05, 4.69) is 31.6 Å². The van der Waals surface area contributed by atoms with Gasteiger partial charge in [0, 0.05) is 45.0 Å². The Hall–Kier alpha value is -2.22. The first-order valence-electron chi connectivity index (χ1n) is 10.1. The average Bonchev–Trinajstić information content (AvgIpc) is 3.43. The number of piperidine rings is 1. The van der Waals surface area contributed by atoms with Crippen LogP contribution in [0.25, 0.3) is 0 Å². The van der Waals surface area contributed by atoms with Gasteiger partial charge >= 0.3 is 0 Å². The molecule has 4 heterocycles. The van der Waals surface area contributed by atoms with Crippen molar-refractivity contribution in [2.24, 2.45) is 7.05 Å². The number of hydrogen-bond donors (Lipinski definition) is 0. The van der Waals surface area contributed by atoms with E-state index in [1.54, 1.807) is 10.8 Å². The van der Waals surface area contributed by atoms with E-state index >= 15 is 0 Å². The zero-order valence-corrected chi connectivity index (χ0v) is 16.3. The van der Waals surface area contributed by atoms with Gasteiger partial charge in [-0.2, -0.15) is 0 Å². The predicted molar refractivity (Wildman–Crippen MR) is 101 cm³/mol. The molecular formula is C19H29N7O. The summed E-state index contributed by atoms with van der Waals surface area (Å²) in [7, 11) is 1.86. The number of imidazole rings is 1. The lowest BCUT2D eigenvalue weighted by Gasteiger charge is -2.31. The smallest absolute Gasteiger partial charge is 0.289 e. The molecule has 146 valence electrons. The fourth-order valence-electron chi connectivity index (χ4n) is 4.31. The highest BCUT2D eigenvalue weighted by atomic mass is 16.2. The highest BCUT2D eigenvalue weighted by molar-refractivity contribution is 5.90. The van der Waals surface area contributed by atoms with Gasteiger partial charge in [0.2, 0.25) is 0 Å². The Bertz CT molecular complexity index is 782. The van der Waals surface area contributed by atoms with Crippen molar-refractivity contribution in [1.29, 1.82) is 0 Å². The third kappa shape index (κ3) is 3.63. The molecule has 8 nitrogen and oxygen atoms in total. The van der Waals surface area contributed by atoms with Crippen LogP contribution in [0.4, 0.5) is 0 Å². The number of aryl methyl sites for hydroxylation is 1. The van der Waals surface area contributed by atoms with Gasteiger partial charge in [-0.1, -0.05) is 0 Å². The van der Waals surface area contributed by atoms with E-state index in [-0.39, 0.29) is 5.91 Å². The molecule has 0 aliphatic carbocycles. The lowest BCUT2D eigenvalue weighted by Crippen LogP contribution is -2.39. The quantitative estimate of drug-likeness (QED) is 0.799. The fourth-order valence-corrected chi connectivity index (χ4v) is 4.31. The van der Waals surface area contributed by atoms with Gasteiger partial charge in [0.05, 0.1) is 6.54 Å². The molecule has 2 aliphatic rings. The van der Waals surface area contributed by atoms with Crippen LogP contribution in [0, 0.1) is 0 Å². The van der Waals surface area contributed by atoms with E-state index in [4.69, 9.17) is 0 Å². The van der Waals surface area contributed by atoms with Crippen LogP contribution < -0.4 is 0 Å². The van der Waals surface area contributed by atoms with E-state index in [1.165, 1.54) is 25.9 Å². The van der Waals surface area contributed by atoms with Crippen molar-refractivity contribution in [2.45, 2.75) is 51.6 Å². The first-order valence-corrected chi connectivity index (χ1v) is 10.1. The van der Waals surface area contributed by atoms with E-state index in [0.29, 0.717) is 11.7 Å². The van der Waals surface area contributed by atoms with Crippen molar-refractivity contribution in [1.82, 2.24) is 34.1 Å². The Balaban J connectivity index is 1.41. The second-order valence-corrected chi connectivity index (χ2v) is 7.63. The SMILES string of the molecule is CCn1c(CN2CCCC2)nnc1C1CCN(C(=O)c2nccn2C)CC1. The zero-order chi connectivity index (χ0) is 18.8. The van der Waals surface area contributed by atoms with Crippen LogP contribution in [-0.4, -0.2) is 66.2 Å². The Morgan fingerprint density at radius 2 is 1.89 bits per heavy atom. The van der Waals surface area contributed by atoms with Crippen LogP contribution in [0.5, 0.6) is 0 Å². The maximum atomic E-state index is 12.6. The van der Waals surface area contributed by atoms with Crippen molar-refractivity contribution >= 4 is 5.91 Å². The van der Waals surface area contributed by atoms with Crippen molar-refractivity contribution in [3.05, 3.63) is 29.9 Å². The topological polar surface area (TPSA) is 72.1 Å². The van der Waals surface area contributed by atoms with Crippen molar-refractivity contribution in [2.75, 3.05) is 26.2 Å². The molecule has 1 amide bonds. The first-order chi connectivity index (χ1) is 13.2. The largest absolute Gasteiger partial charge is 0.336 e. The molecule has 2 fully saturated rings. The fraction of sp³-hybridized carbons (Fsp3) is 0.684. The van der Waals surface area contributed by atoms with Gasteiger partial charge in [-0.05, 0) is 45.7 Å². The van der Waals surface area contributed by atoms with E-state index in [9.17, 15) is 4.79 Å². The van der Waals surface area contributed by atoms with Gasteiger partial charge < -0.3 is 14.0 Å². The summed E-state index contributed by atoms with van der Waals surface area (Å²) in [6, 6.07) is 0. The van der Waals surface area contributed by atoms with E-state index in [0.717, 1.165) is 50.7 Å². The molecule has 2 aliphatic heterocycles. The number of likely N-dealkylation sites (tertiary alicyclic amines) is 2. The molecule has 2 aromatic heterocycles. The van der Waals surface area contributed by atoms with Crippen LogP contribution in [0.2, 0.25) is 0 Å². The van der Waals surface area contributed by atoms with Crippen LogP contribution in [0.3, 0.4) is 0 Å². The van der Waals surface area contributed by atoms with Crippen LogP contribution in [0.15, 0.2) is 12.4 Å². The number of carbonyl (C=O) groups is 1. The molecule has 27 heavy (non-hydrogen) atoms. The van der Waals surface area contributed by atoms with Crippen LogP contribution >= 0.6 is 0 Å². The highest BCUT2D eigenvalue weighted by Crippen LogP contribution is 2.28. The first kappa shape index (κ1) is 18.2. The van der Waals surface area contributed by atoms with E-state index < -0.39 is 0 Å². The molecule has 2 aromatic rings. The number of nitrogens with zero attached hydrogens (tertiary/aromatic N) is 7. The van der Waals surface area contributed by atoms with Crippen LogP contribution in [0.1, 0.15) is 60.8 Å². The summed E-state index contributed by atoms with van der Waals surface area (Å²) in [6.45, 7) is 7.79. The van der Waals surface area contributed by atoms with Gasteiger partial charge in [-0.25, -0.2) is 4.98 Å². The van der Waals surface area contributed by atoms with Crippen molar-refractivity contribution in [3.8, 4) is 0 Å². The second-order valence-electron chi connectivity index (χ2n) is 7.63. The molecule has 0 spiro atoms. The van der Waals surface area contributed by atoms with Gasteiger partial charge in [-0.3, -0.25) is 9.69 Å². The molecule has 0 bridgehead atoms. The summed E-state index contributed by atoms with van der Waals surface area (Å²) in [5.74, 6) is 3.08. The van der Waals surface area contributed by atoms with E-state index in [1.807, 2.05) is 18.1 Å². The summed E-state index contributed by atoms with van der Waals surface area (Å²) in [5.41, 5.74) is 0. The summed E-state index contributed by atoms with van der Waals surface area (Å²) in [4.78, 5) is 21.2. The van der Waals surface area contributed by atoms with Gasteiger partial charge in [-0.15, -0.1) is 10.2 Å². The standard InChI is InChI=1S/C19H29N7O/c1-3-26-16(14-24-9-4-5-10-24)21-22-17(26)15-6-11-25(12-7-15)19(27)18-20-8-13-23(18)2/h8,13,15H,3-7,9-12,14H2,1-2H3. The third-order valence-corrected chi connectivity index (χ3v) is 5.90. The second kappa shape index (κ2) is 7.80. The van der Waals surface area contributed by atoms with Gasteiger partial charge in [0.1, 0.15) is 11.6 Å². The van der Waals surface area contributed by atoms with Gasteiger partial charge in [0.15, 0.2) is 5.82 Å². The minimum atomic E-state index is 0.0210. The Kier molecular flexibility index (Phi) is 5.24. The molecule has 8 heteroatoms. The maximum absolute atomic E-state index is 12.6. The highest BCUT2D eigenvalue weighted by Gasteiger charge is 2.29. The Labute approximate surface area is 160 Å². The number of carbonyl (C=O) groups excluding carboxylic acids is 1. The molecule has 0 N–H and O–H groups in total. The van der Waals surface area contributed by atoms with Crippen molar-refractivity contribution < 1.29 is 4.79 Å². The van der Waals surface area contributed by atoms with Crippen molar-refractivity contribution in [3.63, 3.8) is 0 Å². The molecule has 0 aromatic carbocycles. The van der Waals surface area contributed by atoms with Gasteiger partial charge in [0.25, 0.3) is 5.91 Å². The zero-order valence-electron chi connectivity index (χ0n) is 16.3. The lowest BCUT2D eigenvalue weighted by molar-refractivity contribution is 0.0694. The Morgan fingerprint density at radius 1 is 1.15 bits per heavy atom. The monoisotopic (exact) mass is 371 g/mol. The number of rotatable bonds is 5. The summed E-state index contributed by atoms with van der Waals surface area (Å²) < 4.78 is 4.08. The maximum Gasteiger partial charge on any atom is 0.289 e. The minimum absolute atomic E-state index is 0.0210. The van der Waals surface area contributed by atoms with Crippen LogP contribution in [-0.2, 0) is 20.1 Å². The minimum Gasteiger partial charge on any atom is -0.336 e. The summed E-state index contributed by atoms with van der Waals surface area (Å²) in [5, 5.41) is 9.06. The summed E-state index contributed by atoms with van der Waals surface area (Å²) in [6.07, 6.45) is 7.92. The number of amides is 1. The molecule has 0 saturated carbocycles. The Morgan fingerprint density at radius 3 is 2.52 bits per heavy atom. The number of hydrogen-bond acceptors (Lipinski definition) is 5. The predicted octanol–water partition coefficient (Wildman–Crippen LogP) is 1.65.